The fraction of sp³-hybridized carbons (Fsp3) is 0.111. The number of halogens is 1. The molecule has 12 heavy (non-hydrogen) atoms. The molecule has 1 heterocycles. The van der Waals surface area contributed by atoms with E-state index >= 15 is 0 Å². The van der Waals surface area contributed by atoms with Gasteiger partial charge < -0.3 is 9.15 Å². The molecule has 0 spiro atoms. The van der Waals surface area contributed by atoms with Crippen molar-refractivity contribution in [2.45, 2.75) is 0 Å². The predicted octanol–water partition coefficient (Wildman–Crippen LogP) is 3.20. The first kappa shape index (κ1) is 7.68. The number of methoxy groups -OCH3 is 1. The van der Waals surface area contributed by atoms with Crippen LogP contribution in [0.1, 0.15) is 0 Å². The van der Waals surface area contributed by atoms with Crippen LogP contribution in [0.5, 0.6) is 5.75 Å². The molecule has 2 rings (SSSR count). The molecule has 0 aliphatic carbocycles. The maximum Gasteiger partial charge on any atom is 0.164 e. The highest BCUT2D eigenvalue weighted by Crippen LogP contribution is 2.29. The van der Waals surface area contributed by atoms with Gasteiger partial charge in [-0.05, 0) is 18.2 Å². The van der Waals surface area contributed by atoms with E-state index in [9.17, 15) is 0 Å². The fourth-order valence-corrected chi connectivity index (χ4v) is 1.50. The summed E-state index contributed by atoms with van der Waals surface area (Å²) in [6, 6.07) is 5.81. The Morgan fingerprint density at radius 1 is 1.42 bits per heavy atom. The highest BCUT2D eigenvalue weighted by Gasteiger charge is 2.04. The lowest BCUT2D eigenvalue weighted by Crippen LogP contribution is -1.78. The van der Waals surface area contributed by atoms with Gasteiger partial charge in [0.05, 0.1) is 12.5 Å². The maximum absolute atomic E-state index is 5.25. The van der Waals surface area contributed by atoms with Crippen LogP contribution < -0.4 is 4.74 Å². The second-order valence-corrected chi connectivity index (χ2v) is 3.36. The third-order valence-electron chi connectivity index (χ3n) is 1.72. The molecule has 2 aromatic rings. The van der Waals surface area contributed by atoms with Gasteiger partial charge in [0, 0.05) is 4.47 Å². The van der Waals surface area contributed by atoms with Crippen molar-refractivity contribution >= 4 is 26.9 Å². The van der Waals surface area contributed by atoms with Gasteiger partial charge in [0.25, 0.3) is 0 Å². The number of benzene rings is 1. The Bertz CT molecular complexity index is 406. The Balaban J connectivity index is 2.75. The van der Waals surface area contributed by atoms with E-state index in [1.165, 1.54) is 0 Å². The third-order valence-corrected chi connectivity index (χ3v) is 2.21. The van der Waals surface area contributed by atoms with Crippen molar-refractivity contribution in [2.75, 3.05) is 7.11 Å². The van der Waals surface area contributed by atoms with Crippen LogP contribution in [0.4, 0.5) is 0 Å². The smallest absolute Gasteiger partial charge is 0.164 e. The first-order valence-electron chi connectivity index (χ1n) is 3.52. The maximum atomic E-state index is 5.25. The summed E-state index contributed by atoms with van der Waals surface area (Å²) in [5, 5.41) is 0.992. The van der Waals surface area contributed by atoms with Crippen LogP contribution in [0, 0.1) is 0 Å². The van der Waals surface area contributed by atoms with Crippen molar-refractivity contribution in [3.63, 3.8) is 0 Å². The summed E-state index contributed by atoms with van der Waals surface area (Å²) < 4.78 is 11.4. The van der Waals surface area contributed by atoms with E-state index in [1.54, 1.807) is 13.4 Å². The summed E-state index contributed by atoms with van der Waals surface area (Å²) >= 11 is 3.38. The molecule has 0 atom stereocenters. The Morgan fingerprint density at radius 3 is 3.00 bits per heavy atom. The summed E-state index contributed by atoms with van der Waals surface area (Å²) in [6.45, 7) is 0. The SMILES string of the molecule is COc1coc2ccc(Br)cc12. The molecule has 0 aliphatic heterocycles. The van der Waals surface area contributed by atoms with Crippen molar-refractivity contribution in [3.8, 4) is 5.75 Å². The normalized spacial score (nSPS) is 10.5. The number of rotatable bonds is 1. The van der Waals surface area contributed by atoms with Crippen LogP contribution in [-0.2, 0) is 0 Å². The van der Waals surface area contributed by atoms with Crippen molar-refractivity contribution in [3.05, 3.63) is 28.9 Å². The standard InChI is InChI=1S/C9H7BrO2/c1-11-9-5-12-8-3-2-6(10)4-7(8)9/h2-5H,1H3. The lowest BCUT2D eigenvalue weighted by Gasteiger charge is -1.94. The molecule has 1 aromatic carbocycles. The van der Waals surface area contributed by atoms with Crippen molar-refractivity contribution in [1.29, 1.82) is 0 Å². The van der Waals surface area contributed by atoms with Gasteiger partial charge in [0.15, 0.2) is 5.75 Å². The summed E-state index contributed by atoms with van der Waals surface area (Å²) in [6.07, 6.45) is 1.61. The zero-order valence-electron chi connectivity index (χ0n) is 6.50. The van der Waals surface area contributed by atoms with Gasteiger partial charge in [-0.2, -0.15) is 0 Å². The van der Waals surface area contributed by atoms with E-state index in [0.29, 0.717) is 0 Å². The van der Waals surface area contributed by atoms with Gasteiger partial charge in [-0.1, -0.05) is 15.9 Å². The second-order valence-electron chi connectivity index (χ2n) is 2.44. The number of furan rings is 1. The summed E-state index contributed by atoms with van der Waals surface area (Å²) in [5.74, 6) is 0.770. The molecular weight excluding hydrogens is 220 g/mol. The molecular formula is C9H7BrO2. The molecule has 0 saturated heterocycles. The molecule has 62 valence electrons. The Labute approximate surface area is 78.3 Å². The average molecular weight is 227 g/mol. The Morgan fingerprint density at radius 2 is 2.25 bits per heavy atom. The van der Waals surface area contributed by atoms with Gasteiger partial charge in [0.2, 0.25) is 0 Å². The fourth-order valence-electron chi connectivity index (χ4n) is 1.14. The molecule has 0 saturated carbocycles. The monoisotopic (exact) mass is 226 g/mol. The quantitative estimate of drug-likeness (QED) is 0.746. The minimum Gasteiger partial charge on any atom is -0.493 e. The minimum absolute atomic E-state index is 0.770. The van der Waals surface area contributed by atoms with Crippen LogP contribution in [0.15, 0.2) is 33.4 Å². The van der Waals surface area contributed by atoms with Crippen molar-refractivity contribution in [2.24, 2.45) is 0 Å². The van der Waals surface area contributed by atoms with E-state index in [1.807, 2.05) is 18.2 Å². The third kappa shape index (κ3) is 1.10. The molecule has 1 aromatic heterocycles. The zero-order chi connectivity index (χ0) is 8.55. The van der Waals surface area contributed by atoms with E-state index in [2.05, 4.69) is 15.9 Å². The predicted molar refractivity (Wildman–Crippen MR) is 50.5 cm³/mol. The second kappa shape index (κ2) is 2.83. The van der Waals surface area contributed by atoms with Gasteiger partial charge >= 0.3 is 0 Å². The molecule has 0 amide bonds. The number of hydrogen-bond donors (Lipinski definition) is 0. The largest absolute Gasteiger partial charge is 0.493 e. The molecule has 0 unspecified atom stereocenters. The summed E-state index contributed by atoms with van der Waals surface area (Å²) in [4.78, 5) is 0. The molecule has 0 fully saturated rings. The Kier molecular flexibility index (Phi) is 1.81. The molecule has 3 heteroatoms. The van der Waals surface area contributed by atoms with E-state index in [0.717, 1.165) is 21.2 Å². The lowest BCUT2D eigenvalue weighted by atomic mass is 10.2. The van der Waals surface area contributed by atoms with Crippen LogP contribution >= 0.6 is 15.9 Å². The van der Waals surface area contributed by atoms with E-state index < -0.39 is 0 Å². The number of fused-ring (bicyclic) bond motifs is 1. The van der Waals surface area contributed by atoms with Crippen molar-refractivity contribution in [1.82, 2.24) is 0 Å². The van der Waals surface area contributed by atoms with Gasteiger partial charge in [0.1, 0.15) is 11.8 Å². The van der Waals surface area contributed by atoms with Crippen LogP contribution in [0.25, 0.3) is 11.0 Å². The highest BCUT2D eigenvalue weighted by atomic mass is 79.9. The minimum atomic E-state index is 0.770. The molecule has 2 nitrogen and oxygen atoms in total. The highest BCUT2D eigenvalue weighted by molar-refractivity contribution is 9.10. The number of hydrogen-bond acceptors (Lipinski definition) is 2. The molecule has 0 radical (unpaired) electrons. The molecule has 0 bridgehead atoms. The summed E-state index contributed by atoms with van der Waals surface area (Å²) in [7, 11) is 1.63. The molecule has 0 N–H and O–H groups in total. The van der Waals surface area contributed by atoms with Crippen LogP contribution in [-0.4, -0.2) is 7.11 Å². The van der Waals surface area contributed by atoms with Crippen LogP contribution in [0.2, 0.25) is 0 Å². The van der Waals surface area contributed by atoms with Gasteiger partial charge in [-0.15, -0.1) is 0 Å². The van der Waals surface area contributed by atoms with Gasteiger partial charge in [-0.25, -0.2) is 0 Å². The summed E-state index contributed by atoms with van der Waals surface area (Å²) in [5.41, 5.74) is 0.843. The lowest BCUT2D eigenvalue weighted by molar-refractivity contribution is 0.410. The first-order valence-corrected chi connectivity index (χ1v) is 4.31. The molecule has 0 aliphatic rings. The first-order chi connectivity index (χ1) is 5.81. The average Bonchev–Trinajstić information content (AvgIpc) is 2.46. The van der Waals surface area contributed by atoms with Crippen molar-refractivity contribution < 1.29 is 9.15 Å². The van der Waals surface area contributed by atoms with Crippen LogP contribution in [0.3, 0.4) is 0 Å². The Hall–Kier alpha value is -0.960. The van der Waals surface area contributed by atoms with E-state index in [4.69, 9.17) is 9.15 Å². The zero-order valence-corrected chi connectivity index (χ0v) is 8.09. The number of ether oxygens (including phenoxy) is 1. The van der Waals surface area contributed by atoms with E-state index in [-0.39, 0.29) is 0 Å². The topological polar surface area (TPSA) is 22.4 Å². The van der Waals surface area contributed by atoms with Gasteiger partial charge in [-0.3, -0.25) is 0 Å².